The van der Waals surface area contributed by atoms with Crippen molar-refractivity contribution in [2.75, 3.05) is 11.9 Å². The molecule has 0 radical (unpaired) electrons. The maximum absolute atomic E-state index is 13.3. The fraction of sp³-hybridized carbons (Fsp3) is 0.429. The van der Waals surface area contributed by atoms with Crippen LogP contribution in [-0.4, -0.2) is 29.6 Å². The first-order chi connectivity index (χ1) is 9.81. The van der Waals surface area contributed by atoms with Crippen LogP contribution in [0.2, 0.25) is 0 Å². The predicted molar refractivity (Wildman–Crippen MR) is 73.5 cm³/mol. The molecule has 1 aromatic carbocycles. The fourth-order valence-electron chi connectivity index (χ4n) is 1.80. The summed E-state index contributed by atoms with van der Waals surface area (Å²) < 4.78 is 26.6. The van der Waals surface area contributed by atoms with Gasteiger partial charge in [0, 0.05) is 6.54 Å². The first-order valence-corrected chi connectivity index (χ1v) is 6.52. The third kappa shape index (κ3) is 5.47. The molecule has 0 spiro atoms. The Morgan fingerprint density at radius 3 is 2.29 bits per heavy atom. The number of hydrogen-bond donors (Lipinski definition) is 3. The minimum Gasteiger partial charge on any atom is -0.393 e. The van der Waals surface area contributed by atoms with Crippen LogP contribution in [0.1, 0.15) is 20.3 Å². The van der Waals surface area contributed by atoms with Gasteiger partial charge in [0.25, 0.3) is 0 Å². The van der Waals surface area contributed by atoms with E-state index in [2.05, 4.69) is 5.32 Å². The summed E-state index contributed by atoms with van der Waals surface area (Å²) in [7, 11) is 0. The molecule has 2 atom stereocenters. The number of hydrogen-bond acceptors (Lipinski definition) is 3. The smallest absolute Gasteiger partial charge is 0.313 e. The Morgan fingerprint density at radius 2 is 1.76 bits per heavy atom. The molecule has 0 saturated heterocycles. The molecule has 0 aliphatic carbocycles. The summed E-state index contributed by atoms with van der Waals surface area (Å²) in [5, 5.41) is 13.4. The molecule has 1 aromatic rings. The average molecular weight is 300 g/mol. The molecule has 0 heterocycles. The van der Waals surface area contributed by atoms with E-state index in [0.717, 1.165) is 18.2 Å². The summed E-state index contributed by atoms with van der Waals surface area (Å²) in [6, 6.07) is 3.10. The number of benzene rings is 1. The Hall–Kier alpha value is -2.02. The molecule has 2 unspecified atom stereocenters. The van der Waals surface area contributed by atoms with Gasteiger partial charge in [0.15, 0.2) is 0 Å². The molecule has 0 aromatic heterocycles. The van der Waals surface area contributed by atoms with Gasteiger partial charge in [-0.1, -0.05) is 13.0 Å². The number of amides is 2. The van der Waals surface area contributed by atoms with Crippen LogP contribution < -0.4 is 10.6 Å². The second-order valence-corrected chi connectivity index (χ2v) is 4.95. The highest BCUT2D eigenvalue weighted by Crippen LogP contribution is 2.17. The summed E-state index contributed by atoms with van der Waals surface area (Å²) in [5.74, 6) is -4.09. The van der Waals surface area contributed by atoms with Crippen molar-refractivity contribution in [3.63, 3.8) is 0 Å². The van der Waals surface area contributed by atoms with Crippen molar-refractivity contribution >= 4 is 17.5 Å². The molecular weight excluding hydrogens is 282 g/mol. The van der Waals surface area contributed by atoms with Crippen molar-refractivity contribution in [2.45, 2.75) is 26.4 Å². The Balaban J connectivity index is 2.54. The molecule has 116 valence electrons. The molecule has 0 bridgehead atoms. The predicted octanol–water partition coefficient (Wildman–Crippen LogP) is 1.43. The van der Waals surface area contributed by atoms with Crippen LogP contribution in [-0.2, 0) is 9.59 Å². The van der Waals surface area contributed by atoms with Crippen LogP contribution in [0.4, 0.5) is 14.5 Å². The Labute approximate surface area is 121 Å². The molecule has 0 aliphatic rings. The Morgan fingerprint density at radius 1 is 1.19 bits per heavy atom. The largest absolute Gasteiger partial charge is 0.393 e. The third-order valence-electron chi connectivity index (χ3n) is 2.76. The van der Waals surface area contributed by atoms with Crippen LogP contribution in [0.5, 0.6) is 0 Å². The second kappa shape index (κ2) is 7.68. The van der Waals surface area contributed by atoms with Gasteiger partial charge < -0.3 is 15.7 Å². The SMILES string of the molecule is CC(O)CC(C)CNC(=O)C(=O)Nc1c(F)cccc1F. The first-order valence-electron chi connectivity index (χ1n) is 6.52. The zero-order valence-electron chi connectivity index (χ0n) is 11.8. The summed E-state index contributed by atoms with van der Waals surface area (Å²) in [6.45, 7) is 3.59. The minimum atomic E-state index is -1.15. The number of aliphatic hydroxyl groups excluding tert-OH is 1. The van der Waals surface area contributed by atoms with E-state index in [1.807, 2.05) is 5.32 Å². The van der Waals surface area contributed by atoms with E-state index in [9.17, 15) is 23.5 Å². The van der Waals surface area contributed by atoms with Crippen molar-refractivity contribution < 1.29 is 23.5 Å². The van der Waals surface area contributed by atoms with Gasteiger partial charge in [-0.15, -0.1) is 0 Å². The number of para-hydroxylation sites is 1. The van der Waals surface area contributed by atoms with Crippen molar-refractivity contribution in [3.8, 4) is 0 Å². The van der Waals surface area contributed by atoms with Gasteiger partial charge >= 0.3 is 11.8 Å². The van der Waals surface area contributed by atoms with Crippen molar-refractivity contribution in [2.24, 2.45) is 5.92 Å². The number of nitrogens with one attached hydrogen (secondary N) is 2. The zero-order chi connectivity index (χ0) is 16.0. The average Bonchev–Trinajstić information content (AvgIpc) is 2.39. The van der Waals surface area contributed by atoms with Crippen molar-refractivity contribution in [1.29, 1.82) is 0 Å². The maximum atomic E-state index is 13.3. The highest BCUT2D eigenvalue weighted by Gasteiger charge is 2.18. The number of halogens is 2. The van der Waals surface area contributed by atoms with Gasteiger partial charge in [0.05, 0.1) is 6.10 Å². The molecule has 0 aliphatic heterocycles. The lowest BCUT2D eigenvalue weighted by Gasteiger charge is -2.14. The number of rotatable bonds is 5. The zero-order valence-corrected chi connectivity index (χ0v) is 11.8. The summed E-state index contributed by atoms with van der Waals surface area (Å²) in [4.78, 5) is 23.1. The topological polar surface area (TPSA) is 78.4 Å². The number of anilines is 1. The molecule has 0 fully saturated rings. The number of aliphatic hydroxyl groups is 1. The van der Waals surface area contributed by atoms with Gasteiger partial charge in [-0.3, -0.25) is 9.59 Å². The Bertz CT molecular complexity index is 501. The van der Waals surface area contributed by atoms with Gasteiger partial charge in [-0.2, -0.15) is 0 Å². The lowest BCUT2D eigenvalue weighted by atomic mass is 10.0. The van der Waals surface area contributed by atoms with Crippen LogP contribution in [0, 0.1) is 17.6 Å². The van der Waals surface area contributed by atoms with E-state index in [1.54, 1.807) is 13.8 Å². The molecule has 2 amide bonds. The first kappa shape index (κ1) is 17.0. The van der Waals surface area contributed by atoms with E-state index < -0.39 is 35.2 Å². The van der Waals surface area contributed by atoms with E-state index in [0.29, 0.717) is 6.42 Å². The van der Waals surface area contributed by atoms with Gasteiger partial charge in [-0.05, 0) is 31.4 Å². The second-order valence-electron chi connectivity index (χ2n) is 4.95. The lowest BCUT2D eigenvalue weighted by Crippen LogP contribution is -2.38. The van der Waals surface area contributed by atoms with Gasteiger partial charge in [-0.25, -0.2) is 8.78 Å². The molecule has 0 saturated carbocycles. The highest BCUT2D eigenvalue weighted by molar-refractivity contribution is 6.39. The highest BCUT2D eigenvalue weighted by atomic mass is 19.1. The minimum absolute atomic E-state index is 0.0352. The molecule has 21 heavy (non-hydrogen) atoms. The monoisotopic (exact) mass is 300 g/mol. The molecule has 5 nitrogen and oxygen atoms in total. The van der Waals surface area contributed by atoms with Crippen LogP contribution >= 0.6 is 0 Å². The van der Waals surface area contributed by atoms with Gasteiger partial charge in [0.1, 0.15) is 17.3 Å². The van der Waals surface area contributed by atoms with E-state index in [1.165, 1.54) is 0 Å². The van der Waals surface area contributed by atoms with E-state index >= 15 is 0 Å². The summed E-state index contributed by atoms with van der Waals surface area (Å²) >= 11 is 0. The normalized spacial score (nSPS) is 13.4. The lowest BCUT2D eigenvalue weighted by molar-refractivity contribution is -0.136. The van der Waals surface area contributed by atoms with Crippen LogP contribution in [0.25, 0.3) is 0 Å². The Kier molecular flexibility index (Phi) is 6.23. The molecule has 1 rings (SSSR count). The number of carbonyl (C=O) groups is 2. The molecular formula is C14H18F2N2O3. The number of carbonyl (C=O) groups excluding carboxylic acids is 2. The van der Waals surface area contributed by atoms with Crippen LogP contribution in [0.15, 0.2) is 18.2 Å². The maximum Gasteiger partial charge on any atom is 0.313 e. The van der Waals surface area contributed by atoms with Crippen LogP contribution in [0.3, 0.4) is 0 Å². The van der Waals surface area contributed by atoms with E-state index in [4.69, 9.17) is 0 Å². The van der Waals surface area contributed by atoms with Crippen molar-refractivity contribution in [3.05, 3.63) is 29.8 Å². The summed E-state index contributed by atoms with van der Waals surface area (Å²) in [5.41, 5.74) is -0.658. The van der Waals surface area contributed by atoms with Gasteiger partial charge in [0.2, 0.25) is 0 Å². The molecule has 3 N–H and O–H groups in total. The fourth-order valence-corrected chi connectivity index (χ4v) is 1.80. The standard InChI is InChI=1S/C14H18F2N2O3/c1-8(6-9(2)19)7-17-13(20)14(21)18-12-10(15)4-3-5-11(12)16/h3-5,8-9,19H,6-7H2,1-2H3,(H,17,20)(H,18,21). The summed E-state index contributed by atoms with van der Waals surface area (Å²) in [6.07, 6.45) is -0.0534. The molecule has 7 heteroatoms. The quantitative estimate of drug-likeness (QED) is 0.720. The third-order valence-corrected chi connectivity index (χ3v) is 2.76. The van der Waals surface area contributed by atoms with Crippen molar-refractivity contribution in [1.82, 2.24) is 5.32 Å². The van der Waals surface area contributed by atoms with E-state index in [-0.39, 0.29) is 12.5 Å².